The molecule has 18 heavy (non-hydrogen) atoms. The second-order valence-corrected chi connectivity index (χ2v) is 5.49. The van der Waals surface area contributed by atoms with Gasteiger partial charge in [0.05, 0.1) is 6.04 Å². The lowest BCUT2D eigenvalue weighted by Gasteiger charge is -2.11. The van der Waals surface area contributed by atoms with Gasteiger partial charge in [0.25, 0.3) is 0 Å². The Labute approximate surface area is 112 Å². The van der Waals surface area contributed by atoms with E-state index in [0.717, 1.165) is 6.42 Å². The van der Waals surface area contributed by atoms with Gasteiger partial charge in [0.15, 0.2) is 0 Å². The Bertz CT molecular complexity index is 231. The monoisotopic (exact) mass is 255 g/mol. The van der Waals surface area contributed by atoms with Crippen LogP contribution in [0.3, 0.4) is 0 Å². The van der Waals surface area contributed by atoms with Gasteiger partial charge < -0.3 is 10.1 Å². The summed E-state index contributed by atoms with van der Waals surface area (Å²) in [5.41, 5.74) is 0. The third kappa shape index (κ3) is 6.27. The first-order valence-corrected chi connectivity index (χ1v) is 7.71. The van der Waals surface area contributed by atoms with E-state index in [1.165, 1.54) is 57.8 Å². The zero-order chi connectivity index (χ0) is 13.2. The zero-order valence-corrected chi connectivity index (χ0v) is 12.0. The molecule has 1 aliphatic heterocycles. The molecule has 1 amide bonds. The molecular formula is C15H29NO2. The number of alkyl carbamates (subject to hydrolysis) is 1. The first-order valence-electron chi connectivity index (χ1n) is 7.71. The summed E-state index contributed by atoms with van der Waals surface area (Å²) >= 11 is 0. The highest BCUT2D eigenvalue weighted by Crippen LogP contribution is 2.17. The molecule has 1 fully saturated rings. The summed E-state index contributed by atoms with van der Waals surface area (Å²) in [6.45, 7) is 4.27. The molecule has 0 saturated carbocycles. The largest absolute Gasteiger partial charge is 0.444 e. The molecule has 0 aromatic heterocycles. The summed E-state index contributed by atoms with van der Waals surface area (Å²) in [6.07, 6.45) is 12.9. The first-order chi connectivity index (χ1) is 8.74. The van der Waals surface area contributed by atoms with Crippen molar-refractivity contribution in [1.29, 1.82) is 0 Å². The number of carbonyl (C=O) groups is 1. The summed E-state index contributed by atoms with van der Waals surface area (Å²) in [5.74, 6) is 0. The Morgan fingerprint density at radius 3 is 2.06 bits per heavy atom. The van der Waals surface area contributed by atoms with Crippen molar-refractivity contribution in [3.8, 4) is 0 Å². The SMILES string of the molecule is CCCCCCCCCCCC1OC(=O)NC1C. The van der Waals surface area contributed by atoms with Crippen molar-refractivity contribution in [1.82, 2.24) is 5.32 Å². The van der Waals surface area contributed by atoms with Gasteiger partial charge in [0.2, 0.25) is 0 Å². The molecule has 0 spiro atoms. The predicted molar refractivity (Wildman–Crippen MR) is 74.7 cm³/mol. The summed E-state index contributed by atoms with van der Waals surface area (Å²) in [6, 6.07) is 0.187. The Kier molecular flexibility index (Phi) is 7.86. The van der Waals surface area contributed by atoms with E-state index in [1.807, 2.05) is 6.92 Å². The van der Waals surface area contributed by atoms with Crippen LogP contribution in [0.4, 0.5) is 4.79 Å². The number of rotatable bonds is 10. The number of carbonyl (C=O) groups excluding carboxylic acids is 1. The molecule has 1 rings (SSSR count). The van der Waals surface area contributed by atoms with Gasteiger partial charge in [-0.15, -0.1) is 0 Å². The fraction of sp³-hybridized carbons (Fsp3) is 0.933. The molecule has 0 aliphatic carbocycles. The van der Waals surface area contributed by atoms with Gasteiger partial charge >= 0.3 is 6.09 Å². The van der Waals surface area contributed by atoms with Crippen LogP contribution in [0.25, 0.3) is 0 Å². The van der Waals surface area contributed by atoms with Crippen molar-refractivity contribution in [3.05, 3.63) is 0 Å². The van der Waals surface area contributed by atoms with Crippen LogP contribution in [0.5, 0.6) is 0 Å². The van der Waals surface area contributed by atoms with Gasteiger partial charge in [-0.25, -0.2) is 4.79 Å². The molecule has 3 heteroatoms. The summed E-state index contributed by atoms with van der Waals surface area (Å²) in [4.78, 5) is 11.0. The average molecular weight is 255 g/mol. The topological polar surface area (TPSA) is 38.3 Å². The third-order valence-corrected chi connectivity index (χ3v) is 3.75. The molecule has 0 aromatic carbocycles. The van der Waals surface area contributed by atoms with Crippen LogP contribution in [0, 0.1) is 0 Å². The molecule has 1 heterocycles. The Balaban J connectivity index is 1.85. The van der Waals surface area contributed by atoms with Gasteiger partial charge in [-0.1, -0.05) is 58.3 Å². The second-order valence-electron chi connectivity index (χ2n) is 5.49. The molecule has 0 radical (unpaired) electrons. The zero-order valence-electron chi connectivity index (χ0n) is 12.0. The number of hydrogen-bond acceptors (Lipinski definition) is 2. The molecule has 0 bridgehead atoms. The number of hydrogen-bond donors (Lipinski definition) is 1. The number of amides is 1. The van der Waals surface area contributed by atoms with E-state index in [-0.39, 0.29) is 18.2 Å². The van der Waals surface area contributed by atoms with Gasteiger partial charge in [-0.2, -0.15) is 0 Å². The number of nitrogens with one attached hydrogen (secondary N) is 1. The van der Waals surface area contributed by atoms with Crippen molar-refractivity contribution in [2.45, 2.75) is 90.2 Å². The molecule has 0 aromatic rings. The van der Waals surface area contributed by atoms with Crippen molar-refractivity contribution in [2.24, 2.45) is 0 Å². The minimum atomic E-state index is -0.247. The maximum atomic E-state index is 11.0. The maximum absolute atomic E-state index is 11.0. The predicted octanol–water partition coefficient (Wildman–Crippen LogP) is 4.40. The maximum Gasteiger partial charge on any atom is 0.407 e. The highest BCUT2D eigenvalue weighted by molar-refractivity contribution is 5.70. The van der Waals surface area contributed by atoms with Crippen LogP contribution in [-0.2, 0) is 4.74 Å². The van der Waals surface area contributed by atoms with Crippen LogP contribution in [0.15, 0.2) is 0 Å². The molecule has 3 nitrogen and oxygen atoms in total. The Hall–Kier alpha value is -0.730. The van der Waals surface area contributed by atoms with Gasteiger partial charge in [-0.05, 0) is 19.8 Å². The van der Waals surface area contributed by atoms with Crippen molar-refractivity contribution < 1.29 is 9.53 Å². The van der Waals surface area contributed by atoms with Crippen LogP contribution in [-0.4, -0.2) is 18.2 Å². The van der Waals surface area contributed by atoms with Crippen molar-refractivity contribution in [3.63, 3.8) is 0 Å². The fourth-order valence-corrected chi connectivity index (χ4v) is 2.52. The molecule has 2 atom stereocenters. The van der Waals surface area contributed by atoms with E-state index in [9.17, 15) is 4.79 Å². The van der Waals surface area contributed by atoms with Crippen molar-refractivity contribution >= 4 is 6.09 Å². The molecule has 1 aliphatic rings. The third-order valence-electron chi connectivity index (χ3n) is 3.75. The van der Waals surface area contributed by atoms with E-state index in [1.54, 1.807) is 0 Å². The Morgan fingerprint density at radius 1 is 1.00 bits per heavy atom. The minimum Gasteiger partial charge on any atom is -0.444 e. The number of ether oxygens (including phenoxy) is 1. The highest BCUT2D eigenvalue weighted by Gasteiger charge is 2.29. The Morgan fingerprint density at radius 2 is 1.56 bits per heavy atom. The van der Waals surface area contributed by atoms with Crippen LogP contribution >= 0.6 is 0 Å². The van der Waals surface area contributed by atoms with Gasteiger partial charge in [-0.3, -0.25) is 0 Å². The summed E-state index contributed by atoms with van der Waals surface area (Å²) < 4.78 is 5.20. The molecule has 2 unspecified atom stereocenters. The molecule has 1 saturated heterocycles. The van der Waals surface area contributed by atoms with Gasteiger partial charge in [0, 0.05) is 0 Å². The lowest BCUT2D eigenvalue weighted by Crippen LogP contribution is -2.27. The minimum absolute atomic E-state index is 0.0991. The fourth-order valence-electron chi connectivity index (χ4n) is 2.52. The summed E-state index contributed by atoms with van der Waals surface area (Å²) in [5, 5.41) is 2.79. The molecular weight excluding hydrogens is 226 g/mol. The van der Waals surface area contributed by atoms with E-state index in [0.29, 0.717) is 0 Å². The first kappa shape index (κ1) is 15.3. The smallest absolute Gasteiger partial charge is 0.407 e. The van der Waals surface area contributed by atoms with Crippen LogP contribution in [0.2, 0.25) is 0 Å². The second kappa shape index (κ2) is 9.23. The average Bonchev–Trinajstić information content (AvgIpc) is 2.66. The van der Waals surface area contributed by atoms with Crippen LogP contribution < -0.4 is 5.32 Å². The normalized spacial score (nSPS) is 22.9. The van der Waals surface area contributed by atoms with Crippen LogP contribution in [0.1, 0.15) is 78.1 Å². The summed E-state index contributed by atoms with van der Waals surface area (Å²) in [7, 11) is 0. The van der Waals surface area contributed by atoms with E-state index >= 15 is 0 Å². The number of unbranched alkanes of at least 4 members (excludes halogenated alkanes) is 8. The quantitative estimate of drug-likeness (QED) is 0.587. The van der Waals surface area contributed by atoms with Gasteiger partial charge in [0.1, 0.15) is 6.10 Å². The standard InChI is InChI=1S/C15H29NO2/c1-3-4-5-6-7-8-9-10-11-12-14-13(2)16-15(17)18-14/h13-14H,3-12H2,1-2H3,(H,16,17). The van der Waals surface area contributed by atoms with Crippen molar-refractivity contribution in [2.75, 3.05) is 0 Å². The lowest BCUT2D eigenvalue weighted by atomic mass is 10.0. The molecule has 106 valence electrons. The van der Waals surface area contributed by atoms with E-state index < -0.39 is 0 Å². The number of cyclic esters (lactones) is 1. The molecule has 1 N–H and O–H groups in total. The van der Waals surface area contributed by atoms with E-state index in [4.69, 9.17) is 4.74 Å². The highest BCUT2D eigenvalue weighted by atomic mass is 16.6. The van der Waals surface area contributed by atoms with E-state index in [2.05, 4.69) is 12.2 Å². The lowest BCUT2D eigenvalue weighted by molar-refractivity contribution is 0.126.